The van der Waals surface area contributed by atoms with E-state index in [-0.39, 0.29) is 18.3 Å². The van der Waals surface area contributed by atoms with E-state index >= 15 is 0 Å². The molecule has 5 heteroatoms. The van der Waals surface area contributed by atoms with Gasteiger partial charge in [0.05, 0.1) is 6.61 Å². The lowest BCUT2D eigenvalue weighted by Gasteiger charge is -2.35. The van der Waals surface area contributed by atoms with Crippen LogP contribution in [0.3, 0.4) is 0 Å². The molecule has 1 saturated heterocycles. The van der Waals surface area contributed by atoms with Gasteiger partial charge in [0.15, 0.2) is 0 Å². The fraction of sp³-hybridized carbons (Fsp3) is 0.550. The fourth-order valence-electron chi connectivity index (χ4n) is 3.80. The molecule has 1 N–H and O–H groups in total. The quantitative estimate of drug-likeness (QED) is 0.853. The SMILES string of the molecule is Cc1ccc(C(=O)N2CCC(C3=CCN(CCO)CC3)CC2)cc1F. The normalized spacial score (nSPS) is 19.8. The Balaban J connectivity index is 1.55. The van der Waals surface area contributed by atoms with Gasteiger partial charge in [-0.05, 0) is 49.8 Å². The molecule has 0 spiro atoms. The van der Waals surface area contributed by atoms with Crippen LogP contribution < -0.4 is 0 Å². The van der Waals surface area contributed by atoms with Crippen molar-refractivity contribution in [3.63, 3.8) is 0 Å². The first-order chi connectivity index (χ1) is 12.1. The van der Waals surface area contributed by atoms with Crippen molar-refractivity contribution in [2.24, 2.45) is 5.92 Å². The number of rotatable bonds is 4. The Morgan fingerprint density at radius 3 is 2.64 bits per heavy atom. The molecule has 0 aromatic heterocycles. The molecule has 1 fully saturated rings. The van der Waals surface area contributed by atoms with Crippen LogP contribution in [0.4, 0.5) is 4.39 Å². The van der Waals surface area contributed by atoms with Crippen LogP contribution in [0.5, 0.6) is 0 Å². The summed E-state index contributed by atoms with van der Waals surface area (Å²) >= 11 is 0. The number of aryl methyl sites for hydroxylation is 1. The van der Waals surface area contributed by atoms with Crippen molar-refractivity contribution in [1.29, 1.82) is 0 Å². The average Bonchev–Trinajstić information content (AvgIpc) is 2.64. The summed E-state index contributed by atoms with van der Waals surface area (Å²) in [5.74, 6) is 0.166. The van der Waals surface area contributed by atoms with Crippen LogP contribution in [0, 0.1) is 18.7 Å². The number of amides is 1. The molecule has 4 nitrogen and oxygen atoms in total. The number of hydrogen-bond donors (Lipinski definition) is 1. The lowest BCUT2D eigenvalue weighted by Crippen LogP contribution is -2.40. The predicted molar refractivity (Wildman–Crippen MR) is 96.0 cm³/mol. The highest BCUT2D eigenvalue weighted by Crippen LogP contribution is 2.29. The predicted octanol–water partition coefficient (Wildman–Crippen LogP) is 2.61. The van der Waals surface area contributed by atoms with E-state index in [4.69, 9.17) is 5.11 Å². The summed E-state index contributed by atoms with van der Waals surface area (Å²) in [6, 6.07) is 4.73. The van der Waals surface area contributed by atoms with Crippen LogP contribution in [0.1, 0.15) is 35.2 Å². The van der Waals surface area contributed by atoms with Crippen molar-refractivity contribution < 1.29 is 14.3 Å². The number of nitrogens with zero attached hydrogens (tertiary/aromatic N) is 2. The molecule has 136 valence electrons. The number of halogens is 1. The first-order valence-electron chi connectivity index (χ1n) is 9.16. The topological polar surface area (TPSA) is 43.8 Å². The molecule has 2 aliphatic heterocycles. The van der Waals surface area contributed by atoms with E-state index in [9.17, 15) is 9.18 Å². The highest BCUT2D eigenvalue weighted by Gasteiger charge is 2.27. The third-order valence-electron chi connectivity index (χ3n) is 5.47. The summed E-state index contributed by atoms with van der Waals surface area (Å²) in [5, 5.41) is 9.02. The lowest BCUT2D eigenvalue weighted by atomic mass is 9.85. The molecule has 0 radical (unpaired) electrons. The van der Waals surface area contributed by atoms with Crippen LogP contribution in [0.25, 0.3) is 0 Å². The molecule has 3 rings (SSSR count). The molecular weight excluding hydrogens is 319 g/mol. The van der Waals surface area contributed by atoms with E-state index in [1.54, 1.807) is 19.1 Å². The van der Waals surface area contributed by atoms with Gasteiger partial charge in [-0.1, -0.05) is 17.7 Å². The second kappa shape index (κ2) is 8.11. The van der Waals surface area contributed by atoms with Gasteiger partial charge >= 0.3 is 0 Å². The molecule has 2 heterocycles. The molecule has 1 aromatic rings. The van der Waals surface area contributed by atoms with Crippen molar-refractivity contribution >= 4 is 5.91 Å². The van der Waals surface area contributed by atoms with Crippen molar-refractivity contribution in [1.82, 2.24) is 9.80 Å². The molecule has 0 aliphatic carbocycles. The Hall–Kier alpha value is -1.72. The molecule has 0 atom stereocenters. The maximum Gasteiger partial charge on any atom is 0.253 e. The minimum absolute atomic E-state index is 0.0657. The van der Waals surface area contributed by atoms with Crippen LogP contribution >= 0.6 is 0 Å². The number of benzene rings is 1. The van der Waals surface area contributed by atoms with Crippen LogP contribution in [-0.4, -0.2) is 60.1 Å². The van der Waals surface area contributed by atoms with Crippen molar-refractivity contribution in [3.05, 3.63) is 46.8 Å². The minimum atomic E-state index is -0.319. The fourth-order valence-corrected chi connectivity index (χ4v) is 3.80. The summed E-state index contributed by atoms with van der Waals surface area (Å²) in [4.78, 5) is 16.7. The number of hydrogen-bond acceptors (Lipinski definition) is 3. The summed E-state index contributed by atoms with van der Waals surface area (Å²) in [6.07, 6.45) is 5.32. The smallest absolute Gasteiger partial charge is 0.253 e. The second-order valence-corrected chi connectivity index (χ2v) is 7.08. The Kier molecular flexibility index (Phi) is 5.86. The number of piperidine rings is 1. The first kappa shape index (κ1) is 18.1. The van der Waals surface area contributed by atoms with Crippen LogP contribution in [-0.2, 0) is 0 Å². The average molecular weight is 346 g/mol. The van der Waals surface area contributed by atoms with E-state index < -0.39 is 0 Å². The number of aliphatic hydroxyl groups excluding tert-OH is 1. The summed E-state index contributed by atoms with van der Waals surface area (Å²) in [5.41, 5.74) is 2.51. The molecule has 0 saturated carbocycles. The van der Waals surface area contributed by atoms with Crippen molar-refractivity contribution in [2.45, 2.75) is 26.2 Å². The zero-order chi connectivity index (χ0) is 17.8. The zero-order valence-electron chi connectivity index (χ0n) is 14.9. The minimum Gasteiger partial charge on any atom is -0.395 e. The molecule has 1 aromatic carbocycles. The third-order valence-corrected chi connectivity index (χ3v) is 5.47. The van der Waals surface area contributed by atoms with Gasteiger partial charge in [0, 0.05) is 38.3 Å². The molecule has 0 unspecified atom stereocenters. The van der Waals surface area contributed by atoms with Gasteiger partial charge < -0.3 is 10.0 Å². The summed E-state index contributed by atoms with van der Waals surface area (Å²) in [6.45, 7) is 6.04. The summed E-state index contributed by atoms with van der Waals surface area (Å²) < 4.78 is 13.7. The third kappa shape index (κ3) is 4.28. The standard InChI is InChI=1S/C20H27FN2O2/c1-15-2-3-18(14-19(15)21)20(25)23-10-6-17(7-11-23)16-4-8-22(9-5-16)12-13-24/h2-4,14,17,24H,5-13H2,1H3. The Labute approximate surface area is 148 Å². The Morgan fingerprint density at radius 1 is 1.28 bits per heavy atom. The van der Waals surface area contributed by atoms with Crippen molar-refractivity contribution in [2.75, 3.05) is 39.3 Å². The molecule has 1 amide bonds. The van der Waals surface area contributed by atoms with E-state index in [2.05, 4.69) is 11.0 Å². The van der Waals surface area contributed by atoms with Gasteiger partial charge in [0.25, 0.3) is 5.91 Å². The highest BCUT2D eigenvalue weighted by atomic mass is 19.1. The highest BCUT2D eigenvalue weighted by molar-refractivity contribution is 5.94. The maximum absolute atomic E-state index is 13.7. The maximum atomic E-state index is 13.7. The molecular formula is C20H27FN2O2. The lowest BCUT2D eigenvalue weighted by molar-refractivity contribution is 0.0699. The van der Waals surface area contributed by atoms with Gasteiger partial charge in [-0.2, -0.15) is 0 Å². The largest absolute Gasteiger partial charge is 0.395 e. The number of likely N-dealkylation sites (tertiary alicyclic amines) is 1. The first-order valence-corrected chi connectivity index (χ1v) is 9.16. The Morgan fingerprint density at radius 2 is 2.04 bits per heavy atom. The monoisotopic (exact) mass is 346 g/mol. The number of carbonyl (C=O) groups excluding carboxylic acids is 1. The number of carbonyl (C=O) groups is 1. The number of β-amino-alcohol motifs (C(OH)–C–C–N with tert-alkyl or cyclic N) is 1. The molecule has 25 heavy (non-hydrogen) atoms. The van der Waals surface area contributed by atoms with E-state index in [1.165, 1.54) is 11.6 Å². The summed E-state index contributed by atoms with van der Waals surface area (Å²) in [7, 11) is 0. The van der Waals surface area contributed by atoms with E-state index in [0.29, 0.717) is 17.0 Å². The molecule has 2 aliphatic rings. The van der Waals surface area contributed by atoms with Gasteiger partial charge in [-0.25, -0.2) is 4.39 Å². The van der Waals surface area contributed by atoms with E-state index in [1.807, 2.05) is 4.90 Å². The van der Waals surface area contributed by atoms with Gasteiger partial charge in [-0.15, -0.1) is 0 Å². The zero-order valence-corrected chi connectivity index (χ0v) is 14.9. The second-order valence-electron chi connectivity index (χ2n) is 7.08. The number of aliphatic hydroxyl groups is 1. The van der Waals surface area contributed by atoms with Gasteiger partial charge in [-0.3, -0.25) is 9.69 Å². The van der Waals surface area contributed by atoms with Gasteiger partial charge in [0.2, 0.25) is 0 Å². The van der Waals surface area contributed by atoms with Crippen LogP contribution in [0.2, 0.25) is 0 Å². The Bertz CT molecular complexity index is 651. The van der Waals surface area contributed by atoms with Gasteiger partial charge in [0.1, 0.15) is 5.82 Å². The van der Waals surface area contributed by atoms with Crippen molar-refractivity contribution in [3.8, 4) is 0 Å². The van der Waals surface area contributed by atoms with E-state index in [0.717, 1.165) is 52.0 Å². The van der Waals surface area contributed by atoms with Crippen LogP contribution in [0.15, 0.2) is 29.8 Å². The molecule has 0 bridgehead atoms.